The molecule has 0 atom stereocenters. The van der Waals surface area contributed by atoms with E-state index < -0.39 is 0 Å². The van der Waals surface area contributed by atoms with Crippen molar-refractivity contribution in [2.75, 3.05) is 25.0 Å². The molecule has 3 rings (SSSR count). The van der Waals surface area contributed by atoms with Crippen molar-refractivity contribution < 1.29 is 9.45 Å². The number of anilines is 1. The number of nitrogens with zero attached hydrogens (tertiary/aromatic N) is 2. The summed E-state index contributed by atoms with van der Waals surface area (Å²) in [4.78, 5) is 11.1. The van der Waals surface area contributed by atoms with Gasteiger partial charge >= 0.3 is 0 Å². The van der Waals surface area contributed by atoms with E-state index in [0.29, 0.717) is 17.4 Å². The second-order valence-corrected chi connectivity index (χ2v) is 6.26. The van der Waals surface area contributed by atoms with E-state index in [1.165, 1.54) is 0 Å². The Morgan fingerprint density at radius 3 is 2.68 bits per heavy atom. The Balaban J connectivity index is 0.00000225. The molecule has 1 fully saturated rings. The maximum absolute atomic E-state index is 11.5. The van der Waals surface area contributed by atoms with Gasteiger partial charge in [0.1, 0.15) is 11.4 Å². The normalized spacial score (nSPS) is 14.8. The molecule has 7 nitrogen and oxygen atoms in total. The molecule has 8 heteroatoms. The van der Waals surface area contributed by atoms with Crippen molar-refractivity contribution in [2.24, 2.45) is 5.92 Å². The van der Waals surface area contributed by atoms with Gasteiger partial charge in [0.25, 0.3) is 5.69 Å². The van der Waals surface area contributed by atoms with Crippen molar-refractivity contribution in [2.45, 2.75) is 26.7 Å². The maximum atomic E-state index is 11.5. The number of nitro benzene ring substituents is 1. The first-order valence-corrected chi connectivity index (χ1v) is 8.22. The van der Waals surface area contributed by atoms with Crippen molar-refractivity contribution in [3.63, 3.8) is 0 Å². The van der Waals surface area contributed by atoms with Crippen molar-refractivity contribution in [3.05, 3.63) is 39.8 Å². The Morgan fingerprint density at radius 2 is 2.08 bits per heavy atom. The lowest BCUT2D eigenvalue weighted by Gasteiger charge is -2.23. The molecule has 2 N–H and O–H groups in total. The molecule has 1 aromatic carbocycles. The fourth-order valence-corrected chi connectivity index (χ4v) is 3.22. The first-order chi connectivity index (χ1) is 11.6. The van der Waals surface area contributed by atoms with E-state index in [1.54, 1.807) is 12.1 Å². The topological polar surface area (TPSA) is 93.2 Å². The second kappa shape index (κ2) is 8.31. The molecule has 0 unspecified atom stereocenters. The third-order valence-electron chi connectivity index (χ3n) is 4.56. The number of hydrogen-bond donors (Lipinski definition) is 2. The fraction of sp³-hybridized carbons (Fsp3) is 0.471. The number of nitro groups is 1. The lowest BCUT2D eigenvalue weighted by Crippen LogP contribution is -2.31. The zero-order valence-electron chi connectivity index (χ0n) is 14.4. The minimum atomic E-state index is -0.341. The quantitative estimate of drug-likeness (QED) is 0.619. The van der Waals surface area contributed by atoms with Crippen LogP contribution < -0.4 is 10.6 Å². The molecule has 0 spiro atoms. The second-order valence-electron chi connectivity index (χ2n) is 6.26. The standard InChI is InChI=1S/C17H22N4O3.ClH/c1-11-17(12(2)24-20-11)14-3-4-15(16(9-14)21(22)23)19-10-13-5-7-18-8-6-13;/h3-4,9,13,18-19H,5-8,10H2,1-2H3;1H. The summed E-state index contributed by atoms with van der Waals surface area (Å²) in [6.45, 7) is 6.43. The number of piperidine rings is 1. The summed E-state index contributed by atoms with van der Waals surface area (Å²) in [5, 5.41) is 22.0. The maximum Gasteiger partial charge on any atom is 0.292 e. The third-order valence-corrected chi connectivity index (χ3v) is 4.56. The van der Waals surface area contributed by atoms with Crippen LogP contribution in [0.5, 0.6) is 0 Å². The highest BCUT2D eigenvalue weighted by Crippen LogP contribution is 2.34. The highest BCUT2D eigenvalue weighted by atomic mass is 35.5. The van der Waals surface area contributed by atoms with Gasteiger partial charge < -0.3 is 15.2 Å². The predicted octanol–water partition coefficient (Wildman–Crippen LogP) is 3.70. The van der Waals surface area contributed by atoms with Crippen LogP contribution in [0.1, 0.15) is 24.3 Å². The Bertz CT molecular complexity index is 722. The summed E-state index contributed by atoms with van der Waals surface area (Å²) in [7, 11) is 0. The minimum Gasteiger partial charge on any atom is -0.379 e. The van der Waals surface area contributed by atoms with Gasteiger partial charge in [-0.3, -0.25) is 10.1 Å². The molecule has 0 saturated carbocycles. The summed E-state index contributed by atoms with van der Waals surface area (Å²) >= 11 is 0. The summed E-state index contributed by atoms with van der Waals surface area (Å²) in [5.41, 5.74) is 2.96. The summed E-state index contributed by atoms with van der Waals surface area (Å²) in [5.74, 6) is 1.21. The molecular formula is C17H23ClN4O3. The highest BCUT2D eigenvalue weighted by molar-refractivity contribution is 5.85. The summed E-state index contributed by atoms with van der Waals surface area (Å²) in [6.07, 6.45) is 2.19. The Labute approximate surface area is 152 Å². The van der Waals surface area contributed by atoms with E-state index in [-0.39, 0.29) is 23.0 Å². The van der Waals surface area contributed by atoms with E-state index in [2.05, 4.69) is 15.8 Å². The van der Waals surface area contributed by atoms with E-state index in [0.717, 1.165) is 49.3 Å². The lowest BCUT2D eigenvalue weighted by atomic mass is 9.98. The first kappa shape index (κ1) is 19.2. The zero-order chi connectivity index (χ0) is 17.1. The van der Waals surface area contributed by atoms with Gasteiger partial charge in [-0.15, -0.1) is 12.4 Å². The molecule has 1 saturated heterocycles. The number of aryl methyl sites for hydroxylation is 2. The van der Waals surface area contributed by atoms with E-state index in [9.17, 15) is 10.1 Å². The van der Waals surface area contributed by atoms with Gasteiger partial charge in [0.2, 0.25) is 0 Å². The molecule has 0 amide bonds. The molecular weight excluding hydrogens is 344 g/mol. The number of aromatic nitrogens is 1. The molecule has 136 valence electrons. The van der Waals surface area contributed by atoms with Crippen LogP contribution in [0.3, 0.4) is 0 Å². The molecule has 0 radical (unpaired) electrons. The average molecular weight is 367 g/mol. The first-order valence-electron chi connectivity index (χ1n) is 8.22. The number of halogens is 1. The molecule has 1 aromatic heterocycles. The third kappa shape index (κ3) is 4.29. The number of rotatable bonds is 5. The summed E-state index contributed by atoms with van der Waals surface area (Å²) < 4.78 is 5.17. The highest BCUT2D eigenvalue weighted by Gasteiger charge is 2.20. The monoisotopic (exact) mass is 366 g/mol. The van der Waals surface area contributed by atoms with Crippen LogP contribution in [-0.4, -0.2) is 29.7 Å². The molecule has 1 aliphatic rings. The van der Waals surface area contributed by atoms with Gasteiger partial charge in [0.15, 0.2) is 0 Å². The van der Waals surface area contributed by atoms with Gasteiger partial charge in [-0.05, 0) is 57.3 Å². The van der Waals surface area contributed by atoms with E-state index >= 15 is 0 Å². The molecule has 25 heavy (non-hydrogen) atoms. The van der Waals surface area contributed by atoms with Crippen LogP contribution in [0.15, 0.2) is 22.7 Å². The fourth-order valence-electron chi connectivity index (χ4n) is 3.22. The molecule has 0 aliphatic carbocycles. The van der Waals surface area contributed by atoms with Crippen molar-refractivity contribution in [1.29, 1.82) is 0 Å². The van der Waals surface area contributed by atoms with E-state index in [4.69, 9.17) is 4.52 Å². The SMILES string of the molecule is Cc1noc(C)c1-c1ccc(NCC2CCNCC2)c([N+](=O)[O-])c1.Cl. The van der Waals surface area contributed by atoms with Crippen LogP contribution in [0.4, 0.5) is 11.4 Å². The molecule has 1 aliphatic heterocycles. The largest absolute Gasteiger partial charge is 0.379 e. The molecule has 2 heterocycles. The Kier molecular flexibility index (Phi) is 6.39. The Hall–Kier alpha value is -2.12. The molecule has 0 bridgehead atoms. The van der Waals surface area contributed by atoms with Crippen LogP contribution in [0.2, 0.25) is 0 Å². The van der Waals surface area contributed by atoms with Gasteiger partial charge in [-0.25, -0.2) is 0 Å². The molecule has 2 aromatic rings. The number of nitrogens with one attached hydrogen (secondary N) is 2. The van der Waals surface area contributed by atoms with E-state index in [1.807, 2.05) is 19.9 Å². The van der Waals surface area contributed by atoms with Crippen LogP contribution in [0, 0.1) is 29.9 Å². The average Bonchev–Trinajstić information content (AvgIpc) is 2.92. The zero-order valence-corrected chi connectivity index (χ0v) is 15.2. The van der Waals surface area contributed by atoms with Gasteiger partial charge in [0, 0.05) is 18.2 Å². The summed E-state index contributed by atoms with van der Waals surface area (Å²) in [6, 6.07) is 5.25. The minimum absolute atomic E-state index is 0. The predicted molar refractivity (Wildman–Crippen MR) is 99.4 cm³/mol. The lowest BCUT2D eigenvalue weighted by molar-refractivity contribution is -0.383. The number of hydrogen-bond acceptors (Lipinski definition) is 6. The van der Waals surface area contributed by atoms with Crippen LogP contribution >= 0.6 is 12.4 Å². The van der Waals surface area contributed by atoms with Crippen molar-refractivity contribution in [3.8, 4) is 11.1 Å². The van der Waals surface area contributed by atoms with Crippen molar-refractivity contribution in [1.82, 2.24) is 10.5 Å². The van der Waals surface area contributed by atoms with Crippen LogP contribution in [0.25, 0.3) is 11.1 Å². The van der Waals surface area contributed by atoms with Crippen LogP contribution in [-0.2, 0) is 0 Å². The Morgan fingerprint density at radius 1 is 1.36 bits per heavy atom. The van der Waals surface area contributed by atoms with Gasteiger partial charge in [-0.1, -0.05) is 11.2 Å². The van der Waals surface area contributed by atoms with Gasteiger partial charge in [0.05, 0.1) is 10.6 Å². The smallest absolute Gasteiger partial charge is 0.292 e. The number of benzene rings is 1. The van der Waals surface area contributed by atoms with Gasteiger partial charge in [-0.2, -0.15) is 0 Å². The van der Waals surface area contributed by atoms with Crippen molar-refractivity contribution >= 4 is 23.8 Å².